The van der Waals surface area contributed by atoms with Crippen LogP contribution in [-0.4, -0.2) is 16.0 Å². The smallest absolute Gasteiger partial charge is 0.311 e. The Balaban J connectivity index is 2.46. The van der Waals surface area contributed by atoms with Crippen LogP contribution in [0.1, 0.15) is 17.0 Å². The highest BCUT2D eigenvalue weighted by atomic mass is 35.5. The molecule has 0 saturated carbocycles. The highest BCUT2D eigenvalue weighted by Gasteiger charge is 2.28. The molecule has 0 radical (unpaired) electrons. The molecule has 2 rings (SSSR count). The molecule has 0 saturated heterocycles. The fraction of sp³-hybridized carbons (Fsp3) is 0.133. The number of hydrogen-bond donors (Lipinski definition) is 1. The fourth-order valence-corrected chi connectivity index (χ4v) is 2.33. The zero-order chi connectivity index (χ0) is 15.4. The summed E-state index contributed by atoms with van der Waals surface area (Å²) in [4.78, 5) is 22.0. The van der Waals surface area contributed by atoms with E-state index in [4.69, 9.17) is 11.6 Å². The number of nitro groups is 1. The van der Waals surface area contributed by atoms with Crippen molar-refractivity contribution in [3.05, 3.63) is 74.8 Å². The minimum atomic E-state index is -1.12. The summed E-state index contributed by atoms with van der Waals surface area (Å²) in [7, 11) is 0. The van der Waals surface area contributed by atoms with Crippen molar-refractivity contribution < 1.29 is 14.8 Å². The molecule has 5 nitrogen and oxygen atoms in total. The number of aliphatic carboxylic acids is 1. The highest BCUT2D eigenvalue weighted by Crippen LogP contribution is 2.32. The van der Waals surface area contributed by atoms with Gasteiger partial charge < -0.3 is 5.11 Å². The van der Waals surface area contributed by atoms with Crippen LogP contribution in [0.5, 0.6) is 0 Å². The number of nitrogens with zero attached hydrogens (tertiary/aromatic N) is 1. The van der Waals surface area contributed by atoms with Crippen molar-refractivity contribution in [3.63, 3.8) is 0 Å². The second-order valence-electron chi connectivity index (χ2n) is 4.54. The van der Waals surface area contributed by atoms with E-state index in [9.17, 15) is 20.0 Å². The lowest BCUT2D eigenvalue weighted by Crippen LogP contribution is -2.16. The molecule has 1 unspecified atom stereocenters. The van der Waals surface area contributed by atoms with E-state index in [2.05, 4.69) is 0 Å². The second-order valence-corrected chi connectivity index (χ2v) is 4.98. The van der Waals surface area contributed by atoms with Gasteiger partial charge in [0.1, 0.15) is 0 Å². The van der Waals surface area contributed by atoms with Crippen LogP contribution >= 0.6 is 11.6 Å². The molecule has 0 aromatic heterocycles. The van der Waals surface area contributed by atoms with Crippen LogP contribution in [0.2, 0.25) is 5.02 Å². The van der Waals surface area contributed by atoms with Crippen molar-refractivity contribution in [2.75, 3.05) is 0 Å². The van der Waals surface area contributed by atoms with Gasteiger partial charge in [0.25, 0.3) is 5.69 Å². The van der Waals surface area contributed by atoms with Crippen LogP contribution in [0.4, 0.5) is 5.69 Å². The van der Waals surface area contributed by atoms with Gasteiger partial charge in [-0.1, -0.05) is 41.9 Å². The van der Waals surface area contributed by atoms with Gasteiger partial charge in [-0.3, -0.25) is 14.9 Å². The minimum absolute atomic E-state index is 0.115. The number of nitro benzene ring substituents is 1. The maximum atomic E-state index is 11.5. The van der Waals surface area contributed by atoms with Crippen LogP contribution in [0.15, 0.2) is 48.5 Å². The predicted molar refractivity (Wildman–Crippen MR) is 78.6 cm³/mol. The van der Waals surface area contributed by atoms with Crippen molar-refractivity contribution in [2.45, 2.75) is 12.3 Å². The number of carbonyl (C=O) groups is 1. The summed E-state index contributed by atoms with van der Waals surface area (Å²) in [6.07, 6.45) is 0.164. The Kier molecular flexibility index (Phi) is 4.55. The first kappa shape index (κ1) is 15.0. The van der Waals surface area contributed by atoms with Crippen LogP contribution in [-0.2, 0) is 11.2 Å². The Morgan fingerprint density at radius 1 is 1.24 bits per heavy atom. The number of hydrogen-bond acceptors (Lipinski definition) is 3. The molecular weight excluding hydrogens is 294 g/mol. The quantitative estimate of drug-likeness (QED) is 0.675. The SMILES string of the molecule is O=C(O)C(Cc1ccccc1)c1cc(Cl)ccc1[N+](=O)[O-]. The van der Waals surface area contributed by atoms with E-state index in [0.717, 1.165) is 5.56 Å². The maximum Gasteiger partial charge on any atom is 0.311 e. The Labute approximate surface area is 125 Å². The topological polar surface area (TPSA) is 80.4 Å². The molecule has 0 bridgehead atoms. The molecule has 0 spiro atoms. The fourth-order valence-electron chi connectivity index (χ4n) is 2.15. The third-order valence-electron chi connectivity index (χ3n) is 3.14. The standard InChI is InChI=1S/C15H12ClNO4/c16-11-6-7-14(17(20)21)12(9-11)13(15(18)19)8-10-4-2-1-3-5-10/h1-7,9,13H,8H2,(H,18,19). The normalized spacial score (nSPS) is 11.9. The molecule has 2 aromatic rings. The Hall–Kier alpha value is -2.40. The van der Waals surface area contributed by atoms with Gasteiger partial charge in [0.05, 0.1) is 10.8 Å². The lowest BCUT2D eigenvalue weighted by Gasteiger charge is -2.13. The number of carboxylic acids is 1. The average molecular weight is 306 g/mol. The molecule has 0 heterocycles. The van der Waals surface area contributed by atoms with E-state index < -0.39 is 16.8 Å². The molecule has 0 aliphatic rings. The summed E-state index contributed by atoms with van der Waals surface area (Å²) in [5.41, 5.74) is 0.672. The molecule has 6 heteroatoms. The third-order valence-corrected chi connectivity index (χ3v) is 3.38. The summed E-state index contributed by atoms with van der Waals surface area (Å²) < 4.78 is 0. The van der Waals surface area contributed by atoms with Gasteiger partial charge in [-0.2, -0.15) is 0 Å². The molecular formula is C15H12ClNO4. The predicted octanol–water partition coefficient (Wildman–Crippen LogP) is 3.66. The van der Waals surface area contributed by atoms with E-state index in [1.54, 1.807) is 24.3 Å². The van der Waals surface area contributed by atoms with Crippen LogP contribution in [0, 0.1) is 10.1 Å². The van der Waals surface area contributed by atoms with Crippen molar-refractivity contribution >= 4 is 23.3 Å². The zero-order valence-corrected chi connectivity index (χ0v) is 11.7. The largest absolute Gasteiger partial charge is 0.481 e. The summed E-state index contributed by atoms with van der Waals surface area (Å²) in [5, 5.41) is 20.8. The summed E-state index contributed by atoms with van der Waals surface area (Å²) in [6, 6.07) is 12.9. The molecule has 0 aliphatic carbocycles. The first-order valence-electron chi connectivity index (χ1n) is 6.19. The minimum Gasteiger partial charge on any atom is -0.481 e. The highest BCUT2D eigenvalue weighted by molar-refractivity contribution is 6.30. The van der Waals surface area contributed by atoms with Gasteiger partial charge in [0.2, 0.25) is 0 Å². The van der Waals surface area contributed by atoms with Crippen LogP contribution in [0.3, 0.4) is 0 Å². The molecule has 2 aromatic carbocycles. The Morgan fingerprint density at radius 2 is 1.90 bits per heavy atom. The molecule has 0 amide bonds. The summed E-state index contributed by atoms with van der Waals surface area (Å²) in [5.74, 6) is -2.14. The average Bonchev–Trinajstić information content (AvgIpc) is 2.45. The molecule has 0 aliphatic heterocycles. The maximum absolute atomic E-state index is 11.5. The van der Waals surface area contributed by atoms with Crippen molar-refractivity contribution in [2.24, 2.45) is 0 Å². The summed E-state index contributed by atoms with van der Waals surface area (Å²) in [6.45, 7) is 0. The lowest BCUT2D eigenvalue weighted by molar-refractivity contribution is -0.385. The Bertz CT molecular complexity index is 673. The second kappa shape index (κ2) is 6.37. The number of rotatable bonds is 5. The molecule has 1 atom stereocenters. The molecule has 1 N–H and O–H groups in total. The summed E-state index contributed by atoms with van der Waals surface area (Å²) >= 11 is 5.86. The van der Waals surface area contributed by atoms with Gasteiger partial charge in [0.15, 0.2) is 0 Å². The zero-order valence-electron chi connectivity index (χ0n) is 10.9. The van der Waals surface area contributed by atoms with E-state index in [1.165, 1.54) is 18.2 Å². The molecule has 21 heavy (non-hydrogen) atoms. The number of carboxylic acid groups (broad SMARTS) is 1. The number of halogens is 1. The monoisotopic (exact) mass is 305 g/mol. The van der Waals surface area contributed by atoms with E-state index >= 15 is 0 Å². The van der Waals surface area contributed by atoms with Crippen molar-refractivity contribution in [3.8, 4) is 0 Å². The number of benzene rings is 2. The van der Waals surface area contributed by atoms with Crippen LogP contribution < -0.4 is 0 Å². The van der Waals surface area contributed by atoms with E-state index in [0.29, 0.717) is 0 Å². The lowest BCUT2D eigenvalue weighted by atomic mass is 9.91. The first-order chi connectivity index (χ1) is 9.99. The molecule has 108 valence electrons. The van der Waals surface area contributed by atoms with Gasteiger partial charge in [-0.25, -0.2) is 0 Å². The van der Waals surface area contributed by atoms with Crippen molar-refractivity contribution in [1.29, 1.82) is 0 Å². The first-order valence-corrected chi connectivity index (χ1v) is 6.57. The van der Waals surface area contributed by atoms with Gasteiger partial charge in [0, 0.05) is 16.7 Å². The molecule has 0 fully saturated rings. The van der Waals surface area contributed by atoms with E-state index in [-0.39, 0.29) is 22.7 Å². The van der Waals surface area contributed by atoms with Crippen LogP contribution in [0.25, 0.3) is 0 Å². The third kappa shape index (κ3) is 3.58. The Morgan fingerprint density at radius 3 is 2.48 bits per heavy atom. The van der Waals surface area contributed by atoms with Gasteiger partial charge >= 0.3 is 5.97 Å². The van der Waals surface area contributed by atoms with E-state index in [1.807, 2.05) is 6.07 Å². The van der Waals surface area contributed by atoms with Gasteiger partial charge in [-0.15, -0.1) is 0 Å². The van der Waals surface area contributed by atoms with Gasteiger partial charge in [-0.05, 0) is 24.1 Å². The van der Waals surface area contributed by atoms with Crippen molar-refractivity contribution in [1.82, 2.24) is 0 Å².